The molecule has 1 fully saturated rings. The van der Waals surface area contributed by atoms with Gasteiger partial charge in [-0.2, -0.15) is 0 Å². The van der Waals surface area contributed by atoms with Gasteiger partial charge in [-0.1, -0.05) is 126 Å². The fraction of sp³-hybridized carbons (Fsp3) is 0.487. The number of para-hydroxylation sites is 1. The topological polar surface area (TPSA) is 117 Å². The molecule has 1 saturated heterocycles. The van der Waals surface area contributed by atoms with Crippen molar-refractivity contribution in [3.05, 3.63) is 81.8 Å². The van der Waals surface area contributed by atoms with Gasteiger partial charge in [-0.05, 0) is 66.3 Å². The van der Waals surface area contributed by atoms with Crippen LogP contribution in [0.2, 0.25) is 15.1 Å². The second kappa shape index (κ2) is 18.9. The molecule has 4 rings (SSSR count). The average Bonchev–Trinajstić information content (AvgIpc) is 3.35. The number of nitrogens with zero attached hydrogens (tertiary/aromatic N) is 1. The minimum atomic E-state index is -1.07. The molecular formula is C39H50Cl4N4O4. The number of carbonyl (C=O) groups excluding carboxylic acids is 2. The van der Waals surface area contributed by atoms with E-state index in [1.807, 2.05) is 39.0 Å². The van der Waals surface area contributed by atoms with Crippen molar-refractivity contribution in [1.82, 2.24) is 5.43 Å². The number of nitrogens with one attached hydrogen (secondary N) is 2. The van der Waals surface area contributed by atoms with Crippen LogP contribution in [0.3, 0.4) is 0 Å². The number of aromatic hydroxyl groups is 1. The standard InChI is InChI=1S/C39H50Cl4N4O4/c1-5-6-7-8-9-10-14-17-28(34-32(43)38(50)47(46-34)35-29(41)22-24(40)23-30(35)42)33(44)31(39(2,3)4)36(51-27-20-18-26(48)19-21-27)37(49)45-25-15-12-11-13-16-25/h11-13,15-16,18-23,28,31-34,36,46,48H,5-10,14,17,44H2,1-4H3,(H,45,49). The van der Waals surface area contributed by atoms with Gasteiger partial charge in [-0.15, -0.1) is 11.6 Å². The van der Waals surface area contributed by atoms with Crippen LogP contribution in [-0.4, -0.2) is 40.5 Å². The first-order valence-corrected chi connectivity index (χ1v) is 19.3. The zero-order chi connectivity index (χ0) is 37.3. The van der Waals surface area contributed by atoms with Gasteiger partial charge in [-0.3, -0.25) is 9.59 Å². The van der Waals surface area contributed by atoms with Crippen LogP contribution in [0.4, 0.5) is 11.4 Å². The van der Waals surface area contributed by atoms with Crippen molar-refractivity contribution in [3.8, 4) is 11.5 Å². The summed E-state index contributed by atoms with van der Waals surface area (Å²) in [7, 11) is 0. The van der Waals surface area contributed by atoms with Crippen LogP contribution >= 0.6 is 46.4 Å². The Bertz CT molecular complexity index is 1570. The zero-order valence-electron chi connectivity index (χ0n) is 29.7. The number of amides is 2. The largest absolute Gasteiger partial charge is 0.508 e. The molecule has 278 valence electrons. The molecule has 0 aromatic heterocycles. The number of phenolic OH excluding ortho intramolecular Hbond substituents is 1. The lowest BCUT2D eigenvalue weighted by Crippen LogP contribution is -2.59. The van der Waals surface area contributed by atoms with E-state index < -0.39 is 40.8 Å². The SMILES string of the molecule is CCCCCCCCCC(C(N)C(C(Oc1ccc(O)cc1)C(=O)Nc1ccccc1)C(C)(C)C)C1NN(c2c(Cl)cc(Cl)cc2Cl)C(=O)C1Cl. The Morgan fingerprint density at radius 3 is 2.14 bits per heavy atom. The molecule has 3 aromatic rings. The number of hydrazine groups is 1. The van der Waals surface area contributed by atoms with Gasteiger partial charge in [0.25, 0.3) is 11.8 Å². The van der Waals surface area contributed by atoms with Crippen molar-refractivity contribution in [3.63, 3.8) is 0 Å². The first kappa shape index (κ1) is 41.0. The van der Waals surface area contributed by atoms with Crippen LogP contribution in [0.15, 0.2) is 66.7 Å². The number of ether oxygens (including phenoxy) is 1. The predicted octanol–water partition coefficient (Wildman–Crippen LogP) is 10.0. The minimum Gasteiger partial charge on any atom is -0.508 e. The summed E-state index contributed by atoms with van der Waals surface area (Å²) in [6.07, 6.45) is 7.21. The normalized spacial score (nSPS) is 18.7. The maximum absolute atomic E-state index is 14.3. The number of hydrogen-bond donors (Lipinski definition) is 4. The Hall–Kier alpha value is -2.72. The Kier molecular flexibility index (Phi) is 15.2. The van der Waals surface area contributed by atoms with Gasteiger partial charge in [0, 0.05) is 22.7 Å². The van der Waals surface area contributed by atoms with Crippen LogP contribution < -0.4 is 26.2 Å². The summed E-state index contributed by atoms with van der Waals surface area (Å²) in [5.74, 6) is -1.30. The first-order valence-electron chi connectivity index (χ1n) is 17.7. The second-order valence-corrected chi connectivity index (χ2v) is 16.1. The lowest BCUT2D eigenvalue weighted by Gasteiger charge is -2.44. The molecule has 0 aliphatic carbocycles. The van der Waals surface area contributed by atoms with E-state index in [1.165, 1.54) is 48.5 Å². The van der Waals surface area contributed by atoms with Gasteiger partial charge in [-0.25, -0.2) is 10.4 Å². The van der Waals surface area contributed by atoms with Gasteiger partial charge in [0.05, 0.1) is 21.8 Å². The highest BCUT2D eigenvalue weighted by Gasteiger charge is 2.51. The summed E-state index contributed by atoms with van der Waals surface area (Å²) in [5, 5.41) is 14.0. The zero-order valence-corrected chi connectivity index (χ0v) is 32.7. The van der Waals surface area contributed by atoms with Crippen molar-refractivity contribution in [2.24, 2.45) is 23.0 Å². The van der Waals surface area contributed by atoms with Crippen molar-refractivity contribution in [2.45, 2.75) is 103 Å². The average molecular weight is 781 g/mol. The molecule has 51 heavy (non-hydrogen) atoms. The highest BCUT2D eigenvalue weighted by molar-refractivity contribution is 6.43. The third-order valence-corrected chi connectivity index (χ3v) is 10.7. The molecule has 8 nitrogen and oxygen atoms in total. The number of hydrogen-bond acceptors (Lipinski definition) is 6. The molecule has 0 bridgehead atoms. The van der Waals surface area contributed by atoms with Gasteiger partial charge in [0.15, 0.2) is 6.10 Å². The predicted molar refractivity (Wildman–Crippen MR) is 210 cm³/mol. The molecule has 2 amide bonds. The quantitative estimate of drug-likeness (QED) is 0.0801. The molecular weight excluding hydrogens is 730 g/mol. The van der Waals surface area contributed by atoms with E-state index >= 15 is 0 Å². The monoisotopic (exact) mass is 778 g/mol. The van der Waals surface area contributed by atoms with E-state index in [-0.39, 0.29) is 33.3 Å². The molecule has 3 aromatic carbocycles. The van der Waals surface area contributed by atoms with E-state index in [4.69, 9.17) is 56.9 Å². The number of nitrogens with two attached hydrogens (primary N) is 1. The Morgan fingerprint density at radius 2 is 1.55 bits per heavy atom. The van der Waals surface area contributed by atoms with Crippen LogP contribution in [0, 0.1) is 17.3 Å². The van der Waals surface area contributed by atoms with Crippen molar-refractivity contribution in [1.29, 1.82) is 0 Å². The molecule has 0 saturated carbocycles. The Balaban J connectivity index is 1.73. The van der Waals surface area contributed by atoms with E-state index in [9.17, 15) is 14.7 Å². The molecule has 5 N–H and O–H groups in total. The molecule has 12 heteroatoms. The summed E-state index contributed by atoms with van der Waals surface area (Å²) in [6, 6.07) is 17.1. The smallest absolute Gasteiger partial charge is 0.265 e. The molecule has 0 spiro atoms. The van der Waals surface area contributed by atoms with Crippen LogP contribution in [0.1, 0.15) is 79.1 Å². The van der Waals surface area contributed by atoms with Gasteiger partial charge >= 0.3 is 0 Å². The fourth-order valence-corrected chi connectivity index (χ4v) is 8.26. The van der Waals surface area contributed by atoms with Crippen molar-refractivity contribution < 1.29 is 19.4 Å². The van der Waals surface area contributed by atoms with Gasteiger partial charge < -0.3 is 20.9 Å². The highest BCUT2D eigenvalue weighted by atomic mass is 35.5. The third-order valence-electron chi connectivity index (χ3n) is 9.49. The first-order chi connectivity index (χ1) is 24.2. The number of alkyl halides is 1. The number of anilines is 2. The van der Waals surface area contributed by atoms with Crippen LogP contribution in [-0.2, 0) is 9.59 Å². The molecule has 0 radical (unpaired) electrons. The summed E-state index contributed by atoms with van der Waals surface area (Å²) in [4.78, 5) is 28.1. The van der Waals surface area contributed by atoms with Crippen LogP contribution in [0.25, 0.3) is 0 Å². The maximum Gasteiger partial charge on any atom is 0.265 e. The second-order valence-electron chi connectivity index (χ2n) is 14.4. The Labute approximate surface area is 322 Å². The number of unbranched alkanes of at least 4 members (excludes halogenated alkanes) is 6. The lowest BCUT2D eigenvalue weighted by molar-refractivity contribution is -0.128. The van der Waals surface area contributed by atoms with E-state index in [1.54, 1.807) is 24.3 Å². The van der Waals surface area contributed by atoms with E-state index in [0.717, 1.165) is 25.7 Å². The van der Waals surface area contributed by atoms with Gasteiger partial charge in [0.2, 0.25) is 0 Å². The summed E-state index contributed by atoms with van der Waals surface area (Å²) in [5.41, 5.74) is 11.0. The number of phenols is 1. The summed E-state index contributed by atoms with van der Waals surface area (Å²) < 4.78 is 6.51. The highest BCUT2D eigenvalue weighted by Crippen LogP contribution is 2.43. The van der Waals surface area contributed by atoms with Crippen LogP contribution in [0.5, 0.6) is 11.5 Å². The summed E-state index contributed by atoms with van der Waals surface area (Å²) in [6.45, 7) is 8.27. The van der Waals surface area contributed by atoms with Crippen molar-refractivity contribution >= 4 is 69.6 Å². The molecule has 1 aliphatic rings. The Morgan fingerprint density at radius 1 is 0.961 bits per heavy atom. The fourth-order valence-electron chi connectivity index (χ4n) is 6.94. The molecule has 6 unspecified atom stereocenters. The number of halogens is 4. The molecule has 1 heterocycles. The molecule has 6 atom stereocenters. The number of carbonyl (C=O) groups is 2. The third kappa shape index (κ3) is 10.9. The number of benzene rings is 3. The number of rotatable bonds is 17. The van der Waals surface area contributed by atoms with E-state index in [2.05, 4.69) is 17.7 Å². The lowest BCUT2D eigenvalue weighted by atomic mass is 9.67. The minimum absolute atomic E-state index is 0.0713. The molecule has 1 aliphatic heterocycles. The summed E-state index contributed by atoms with van der Waals surface area (Å²) >= 11 is 26.3. The van der Waals surface area contributed by atoms with E-state index in [0.29, 0.717) is 22.9 Å². The van der Waals surface area contributed by atoms with Crippen molar-refractivity contribution in [2.75, 3.05) is 10.3 Å². The maximum atomic E-state index is 14.3. The van der Waals surface area contributed by atoms with Gasteiger partial charge in [0.1, 0.15) is 16.9 Å².